The highest BCUT2D eigenvalue weighted by atomic mass is 16.2. The van der Waals surface area contributed by atoms with Crippen LogP contribution in [0.15, 0.2) is 48.3 Å². The first-order valence-electron chi connectivity index (χ1n) is 7.63. The van der Waals surface area contributed by atoms with Gasteiger partial charge in [-0.25, -0.2) is 4.79 Å². The Balaban J connectivity index is 1.83. The van der Waals surface area contributed by atoms with Crippen LogP contribution in [-0.4, -0.2) is 21.4 Å². The molecule has 5 nitrogen and oxygen atoms in total. The summed E-state index contributed by atoms with van der Waals surface area (Å²) < 4.78 is 2.01. The number of hydrogen-bond donors (Lipinski definition) is 1. The van der Waals surface area contributed by atoms with Crippen molar-refractivity contribution < 1.29 is 9.59 Å². The molecule has 23 heavy (non-hydrogen) atoms. The maximum absolute atomic E-state index is 12.5. The van der Waals surface area contributed by atoms with Crippen LogP contribution >= 0.6 is 0 Å². The van der Waals surface area contributed by atoms with E-state index in [4.69, 9.17) is 0 Å². The van der Waals surface area contributed by atoms with Crippen molar-refractivity contribution in [3.05, 3.63) is 65.1 Å². The van der Waals surface area contributed by atoms with E-state index >= 15 is 0 Å². The number of hydrogen-bond acceptors (Lipinski definition) is 2. The fraction of sp³-hybridized carbons (Fsp3) is 0.222. The average molecular weight is 309 g/mol. The Bertz CT molecular complexity index is 789. The molecule has 3 amide bonds. The van der Waals surface area contributed by atoms with E-state index in [9.17, 15) is 9.59 Å². The van der Waals surface area contributed by atoms with E-state index in [0.717, 1.165) is 23.4 Å². The molecule has 0 unspecified atom stereocenters. The summed E-state index contributed by atoms with van der Waals surface area (Å²) in [6.07, 6.45) is 3.66. The van der Waals surface area contributed by atoms with Crippen molar-refractivity contribution in [2.75, 3.05) is 0 Å². The molecular formula is C18H19N3O2. The standard InChI is InChI=1S/C18H19N3O2/c1-3-20-9-5-8-15(20)11-16-17(22)21(18(23)19-16)12-14-7-4-6-13(2)10-14/h4-11H,3,12H2,1-2H3,(H,19,23)/b16-11+. The number of aromatic nitrogens is 1. The van der Waals surface area contributed by atoms with Crippen LogP contribution in [0.5, 0.6) is 0 Å². The Morgan fingerprint density at radius 1 is 1.17 bits per heavy atom. The van der Waals surface area contributed by atoms with Crippen molar-refractivity contribution >= 4 is 18.0 Å². The van der Waals surface area contributed by atoms with Gasteiger partial charge in [0.2, 0.25) is 0 Å². The van der Waals surface area contributed by atoms with Crippen LogP contribution in [0.25, 0.3) is 6.08 Å². The summed E-state index contributed by atoms with van der Waals surface area (Å²) in [4.78, 5) is 25.8. The van der Waals surface area contributed by atoms with E-state index in [0.29, 0.717) is 5.70 Å². The van der Waals surface area contributed by atoms with Gasteiger partial charge in [0.1, 0.15) is 5.70 Å². The molecule has 0 aliphatic carbocycles. The van der Waals surface area contributed by atoms with Gasteiger partial charge in [0.15, 0.2) is 0 Å². The molecule has 3 rings (SSSR count). The summed E-state index contributed by atoms with van der Waals surface area (Å²) in [6.45, 7) is 5.10. The molecule has 1 aliphatic rings. The minimum atomic E-state index is -0.377. The molecule has 1 N–H and O–H groups in total. The summed E-state index contributed by atoms with van der Waals surface area (Å²) >= 11 is 0. The SMILES string of the molecule is CCn1cccc1/C=C1/NC(=O)N(Cc2cccc(C)c2)C1=O. The Labute approximate surface area is 135 Å². The average Bonchev–Trinajstić information content (AvgIpc) is 3.07. The van der Waals surface area contributed by atoms with Crippen LogP contribution in [0.1, 0.15) is 23.7 Å². The second-order valence-electron chi connectivity index (χ2n) is 5.59. The smallest absolute Gasteiger partial charge is 0.329 e. The minimum Gasteiger partial charge on any atom is -0.348 e. The highest BCUT2D eigenvalue weighted by molar-refractivity contribution is 6.13. The number of carbonyl (C=O) groups is 2. The van der Waals surface area contributed by atoms with E-state index in [1.807, 2.05) is 61.0 Å². The number of aryl methyl sites for hydroxylation is 2. The van der Waals surface area contributed by atoms with Gasteiger partial charge in [-0.3, -0.25) is 9.69 Å². The topological polar surface area (TPSA) is 54.3 Å². The molecule has 0 radical (unpaired) electrons. The Hall–Kier alpha value is -2.82. The molecular weight excluding hydrogens is 290 g/mol. The van der Waals surface area contributed by atoms with Crippen LogP contribution < -0.4 is 5.32 Å². The maximum Gasteiger partial charge on any atom is 0.329 e. The third kappa shape index (κ3) is 3.04. The predicted octanol–water partition coefficient (Wildman–Crippen LogP) is 2.91. The maximum atomic E-state index is 12.5. The second-order valence-corrected chi connectivity index (χ2v) is 5.59. The number of amides is 3. The van der Waals surface area contributed by atoms with Gasteiger partial charge in [0, 0.05) is 18.4 Å². The molecule has 0 atom stereocenters. The largest absolute Gasteiger partial charge is 0.348 e. The lowest BCUT2D eigenvalue weighted by molar-refractivity contribution is -0.123. The monoisotopic (exact) mass is 309 g/mol. The molecule has 2 aromatic rings. The zero-order valence-electron chi connectivity index (χ0n) is 13.2. The molecule has 1 aromatic heterocycles. The van der Waals surface area contributed by atoms with Crippen molar-refractivity contribution in [3.8, 4) is 0 Å². The highest BCUT2D eigenvalue weighted by Crippen LogP contribution is 2.17. The second kappa shape index (κ2) is 6.12. The minimum absolute atomic E-state index is 0.276. The van der Waals surface area contributed by atoms with Gasteiger partial charge < -0.3 is 9.88 Å². The Morgan fingerprint density at radius 2 is 2.00 bits per heavy atom. The highest BCUT2D eigenvalue weighted by Gasteiger charge is 2.33. The van der Waals surface area contributed by atoms with Crippen molar-refractivity contribution in [3.63, 3.8) is 0 Å². The number of carbonyl (C=O) groups excluding carboxylic acids is 2. The zero-order chi connectivity index (χ0) is 16.4. The number of imide groups is 1. The first-order chi connectivity index (χ1) is 11.1. The summed E-state index contributed by atoms with van der Waals surface area (Å²) in [5, 5.41) is 2.66. The predicted molar refractivity (Wildman–Crippen MR) is 88.3 cm³/mol. The normalized spacial score (nSPS) is 16.3. The van der Waals surface area contributed by atoms with Crippen LogP contribution in [0.4, 0.5) is 4.79 Å². The lowest BCUT2D eigenvalue weighted by Crippen LogP contribution is -2.30. The third-order valence-electron chi connectivity index (χ3n) is 3.88. The molecule has 1 fully saturated rings. The summed E-state index contributed by atoms with van der Waals surface area (Å²) in [5.74, 6) is -0.291. The number of urea groups is 1. The molecule has 0 saturated carbocycles. The molecule has 2 heterocycles. The zero-order valence-corrected chi connectivity index (χ0v) is 13.2. The van der Waals surface area contributed by atoms with Crippen LogP contribution in [0.3, 0.4) is 0 Å². The van der Waals surface area contributed by atoms with Gasteiger partial charge in [0.05, 0.1) is 6.54 Å². The molecule has 0 spiro atoms. The number of nitrogens with zero attached hydrogens (tertiary/aromatic N) is 2. The molecule has 5 heteroatoms. The van der Waals surface area contributed by atoms with Gasteiger partial charge >= 0.3 is 6.03 Å². The molecule has 118 valence electrons. The van der Waals surface area contributed by atoms with E-state index in [1.165, 1.54) is 4.90 Å². The van der Waals surface area contributed by atoms with Gasteiger partial charge in [-0.15, -0.1) is 0 Å². The van der Waals surface area contributed by atoms with E-state index in [-0.39, 0.29) is 18.5 Å². The van der Waals surface area contributed by atoms with Gasteiger partial charge in [-0.05, 0) is 37.6 Å². The fourth-order valence-electron chi connectivity index (χ4n) is 2.70. The van der Waals surface area contributed by atoms with E-state index in [1.54, 1.807) is 6.08 Å². The first-order valence-corrected chi connectivity index (χ1v) is 7.63. The first kappa shape index (κ1) is 15.1. The van der Waals surface area contributed by atoms with Crippen molar-refractivity contribution in [1.82, 2.24) is 14.8 Å². The molecule has 1 aromatic carbocycles. The summed E-state index contributed by atoms with van der Waals surface area (Å²) in [5.41, 5.74) is 3.25. The van der Waals surface area contributed by atoms with E-state index in [2.05, 4.69) is 5.32 Å². The fourth-order valence-corrected chi connectivity index (χ4v) is 2.70. The lowest BCUT2D eigenvalue weighted by atomic mass is 10.1. The third-order valence-corrected chi connectivity index (χ3v) is 3.88. The Kier molecular flexibility index (Phi) is 4.02. The van der Waals surface area contributed by atoms with E-state index < -0.39 is 0 Å². The molecule has 1 aliphatic heterocycles. The van der Waals surface area contributed by atoms with Gasteiger partial charge in [-0.1, -0.05) is 29.8 Å². The van der Waals surface area contributed by atoms with Gasteiger partial charge in [0.25, 0.3) is 5.91 Å². The van der Waals surface area contributed by atoms with Crippen LogP contribution in [0.2, 0.25) is 0 Å². The van der Waals surface area contributed by atoms with Crippen molar-refractivity contribution in [2.24, 2.45) is 0 Å². The number of rotatable bonds is 4. The molecule has 1 saturated heterocycles. The Morgan fingerprint density at radius 3 is 2.74 bits per heavy atom. The number of nitrogens with one attached hydrogen (secondary N) is 1. The number of benzene rings is 1. The van der Waals surface area contributed by atoms with Crippen LogP contribution in [-0.2, 0) is 17.9 Å². The molecule has 0 bridgehead atoms. The lowest BCUT2D eigenvalue weighted by Gasteiger charge is -2.12. The van der Waals surface area contributed by atoms with Crippen molar-refractivity contribution in [1.29, 1.82) is 0 Å². The summed E-state index contributed by atoms with van der Waals surface area (Å²) in [7, 11) is 0. The van der Waals surface area contributed by atoms with Gasteiger partial charge in [-0.2, -0.15) is 0 Å². The summed E-state index contributed by atoms with van der Waals surface area (Å²) in [6, 6.07) is 11.3. The quantitative estimate of drug-likeness (QED) is 0.697. The van der Waals surface area contributed by atoms with Crippen LogP contribution in [0, 0.1) is 6.92 Å². The van der Waals surface area contributed by atoms with Crippen molar-refractivity contribution in [2.45, 2.75) is 26.9 Å².